The van der Waals surface area contributed by atoms with Crippen molar-refractivity contribution in [2.45, 2.75) is 79.1 Å². The van der Waals surface area contributed by atoms with Crippen molar-refractivity contribution in [3.8, 4) is 0 Å². The number of aliphatic hydroxyl groups is 1. The van der Waals surface area contributed by atoms with E-state index in [1.165, 1.54) is 4.90 Å². The van der Waals surface area contributed by atoms with Crippen LogP contribution in [0.4, 0.5) is 4.79 Å². The summed E-state index contributed by atoms with van der Waals surface area (Å²) in [5, 5.41) is 10.2. The number of ether oxygens (including phenoxy) is 1. The maximum atomic E-state index is 12.7. The third-order valence-electron chi connectivity index (χ3n) is 3.75. The summed E-state index contributed by atoms with van der Waals surface area (Å²) in [6, 6.07) is -0.589. The van der Waals surface area contributed by atoms with Gasteiger partial charge in [0.05, 0.1) is 18.7 Å². The lowest BCUT2D eigenvalue weighted by Crippen LogP contribution is -2.46. The Labute approximate surface area is 134 Å². The van der Waals surface area contributed by atoms with Crippen LogP contribution in [0.3, 0.4) is 0 Å². The Bertz CT molecular complexity index is 419. The summed E-state index contributed by atoms with van der Waals surface area (Å²) in [6.07, 6.45) is -0.164. The summed E-state index contributed by atoms with van der Waals surface area (Å²) in [5.41, 5.74) is -0.771. The number of carbonyl (C=O) groups excluding carboxylic acids is 2. The van der Waals surface area contributed by atoms with Gasteiger partial charge in [0, 0.05) is 12.3 Å². The highest BCUT2D eigenvalue weighted by Gasteiger charge is 2.47. The molecule has 1 heterocycles. The average molecular weight is 313 g/mol. The van der Waals surface area contributed by atoms with Gasteiger partial charge in [0.15, 0.2) is 5.78 Å². The summed E-state index contributed by atoms with van der Waals surface area (Å²) in [7, 11) is 0. The van der Waals surface area contributed by atoms with Crippen LogP contribution in [0.5, 0.6) is 0 Å². The standard InChI is InChI=1S/C17H31NO4/c1-8-11-13(20)10-18(15(21)22-17(5,6)7)14(11)12(19)9-16(2,3)4/h11,13-14,20H,8-10H2,1-7H3/t11-,13+,14+/m1/s1. The fourth-order valence-corrected chi connectivity index (χ4v) is 2.94. The van der Waals surface area contributed by atoms with Crippen molar-refractivity contribution in [2.75, 3.05) is 6.54 Å². The molecule has 1 fully saturated rings. The number of ketones is 1. The molecule has 22 heavy (non-hydrogen) atoms. The number of hydrogen-bond donors (Lipinski definition) is 1. The fraction of sp³-hybridized carbons (Fsp3) is 0.882. The molecule has 5 heteroatoms. The van der Waals surface area contributed by atoms with Crippen LogP contribution >= 0.6 is 0 Å². The van der Waals surface area contributed by atoms with Gasteiger partial charge in [0.1, 0.15) is 5.60 Å². The summed E-state index contributed by atoms with van der Waals surface area (Å²) < 4.78 is 5.40. The van der Waals surface area contributed by atoms with Crippen molar-refractivity contribution in [2.24, 2.45) is 11.3 Å². The number of likely N-dealkylation sites (tertiary alicyclic amines) is 1. The molecule has 0 aromatic carbocycles. The maximum absolute atomic E-state index is 12.7. The van der Waals surface area contributed by atoms with E-state index in [1.807, 2.05) is 27.7 Å². The van der Waals surface area contributed by atoms with E-state index >= 15 is 0 Å². The number of Topliss-reactive ketones (excluding diaryl/α,β-unsaturated/α-hetero) is 1. The summed E-state index contributed by atoms with van der Waals surface area (Å²) in [5.74, 6) is -0.218. The first kappa shape index (κ1) is 18.9. The molecule has 1 saturated heterocycles. The Morgan fingerprint density at radius 2 is 1.73 bits per heavy atom. The minimum atomic E-state index is -0.675. The van der Waals surface area contributed by atoms with Gasteiger partial charge in [-0.05, 0) is 32.6 Å². The van der Waals surface area contributed by atoms with Crippen LogP contribution in [0.2, 0.25) is 0 Å². The van der Waals surface area contributed by atoms with Crippen LogP contribution in [-0.4, -0.2) is 46.2 Å². The third-order valence-corrected chi connectivity index (χ3v) is 3.75. The van der Waals surface area contributed by atoms with Crippen LogP contribution in [0, 0.1) is 11.3 Å². The van der Waals surface area contributed by atoms with E-state index in [4.69, 9.17) is 4.74 Å². The Hall–Kier alpha value is -1.10. The second kappa shape index (κ2) is 6.57. The van der Waals surface area contributed by atoms with Crippen molar-refractivity contribution in [3.05, 3.63) is 0 Å². The lowest BCUT2D eigenvalue weighted by atomic mass is 9.83. The molecule has 0 saturated carbocycles. The fourth-order valence-electron chi connectivity index (χ4n) is 2.94. The van der Waals surface area contributed by atoms with Crippen molar-refractivity contribution in [3.63, 3.8) is 0 Å². The maximum Gasteiger partial charge on any atom is 0.411 e. The molecule has 0 unspecified atom stereocenters. The van der Waals surface area contributed by atoms with Crippen LogP contribution in [0.25, 0.3) is 0 Å². The first-order valence-electron chi connectivity index (χ1n) is 8.06. The van der Waals surface area contributed by atoms with Gasteiger partial charge in [-0.3, -0.25) is 9.69 Å². The molecule has 0 aromatic rings. The molecule has 0 spiro atoms. The molecule has 1 rings (SSSR count). The molecular weight excluding hydrogens is 282 g/mol. The predicted octanol–water partition coefficient (Wildman–Crippen LogP) is 3.00. The Balaban J connectivity index is 2.99. The molecule has 1 amide bonds. The number of rotatable bonds is 3. The quantitative estimate of drug-likeness (QED) is 0.870. The normalized spacial score (nSPS) is 26.2. The SMILES string of the molecule is CC[C@H]1[C@@H](C(=O)CC(C)(C)C)N(C(=O)OC(C)(C)C)C[C@@H]1O. The predicted molar refractivity (Wildman–Crippen MR) is 85.6 cm³/mol. The summed E-state index contributed by atoms with van der Waals surface area (Å²) in [6.45, 7) is 13.5. The van der Waals surface area contributed by atoms with E-state index < -0.39 is 23.8 Å². The largest absolute Gasteiger partial charge is 0.444 e. The van der Waals surface area contributed by atoms with Gasteiger partial charge in [-0.2, -0.15) is 0 Å². The number of carbonyl (C=O) groups is 2. The van der Waals surface area contributed by atoms with Crippen molar-refractivity contribution < 1.29 is 19.4 Å². The zero-order valence-electron chi connectivity index (χ0n) is 15.0. The van der Waals surface area contributed by atoms with E-state index in [1.54, 1.807) is 20.8 Å². The molecule has 128 valence electrons. The molecule has 3 atom stereocenters. The summed E-state index contributed by atoms with van der Waals surface area (Å²) in [4.78, 5) is 26.5. The molecule has 0 bridgehead atoms. The van der Waals surface area contributed by atoms with E-state index in [0.29, 0.717) is 12.8 Å². The van der Waals surface area contributed by atoms with Gasteiger partial charge in [-0.1, -0.05) is 27.7 Å². The minimum absolute atomic E-state index is 0.00163. The van der Waals surface area contributed by atoms with Gasteiger partial charge < -0.3 is 9.84 Å². The number of hydrogen-bond acceptors (Lipinski definition) is 4. The van der Waals surface area contributed by atoms with Crippen LogP contribution < -0.4 is 0 Å². The number of nitrogens with zero attached hydrogens (tertiary/aromatic N) is 1. The number of amides is 1. The Kier molecular flexibility index (Phi) is 5.66. The molecular formula is C17H31NO4. The lowest BCUT2D eigenvalue weighted by Gasteiger charge is -2.31. The zero-order chi connectivity index (χ0) is 17.3. The lowest BCUT2D eigenvalue weighted by molar-refractivity contribution is -0.126. The Morgan fingerprint density at radius 3 is 2.14 bits per heavy atom. The van der Waals surface area contributed by atoms with Crippen molar-refractivity contribution in [1.82, 2.24) is 4.90 Å². The first-order valence-corrected chi connectivity index (χ1v) is 8.06. The number of β-amino-alcohol motifs (C(OH)–C–C–N with tert-alkyl or cyclic N) is 1. The third kappa shape index (κ3) is 4.97. The smallest absolute Gasteiger partial charge is 0.411 e. The second-order valence-electron chi connectivity index (χ2n) is 8.42. The van der Waals surface area contributed by atoms with E-state index in [2.05, 4.69) is 0 Å². The zero-order valence-corrected chi connectivity index (χ0v) is 15.0. The number of aliphatic hydroxyl groups excluding tert-OH is 1. The average Bonchev–Trinajstić information content (AvgIpc) is 2.61. The van der Waals surface area contributed by atoms with Crippen LogP contribution in [-0.2, 0) is 9.53 Å². The first-order chi connectivity index (χ1) is 9.85. The van der Waals surface area contributed by atoms with Crippen LogP contribution in [0.15, 0.2) is 0 Å². The highest BCUT2D eigenvalue weighted by Crippen LogP contribution is 2.32. The highest BCUT2D eigenvalue weighted by molar-refractivity contribution is 5.89. The van der Waals surface area contributed by atoms with E-state index in [-0.39, 0.29) is 23.7 Å². The van der Waals surface area contributed by atoms with E-state index in [9.17, 15) is 14.7 Å². The van der Waals surface area contributed by atoms with Gasteiger partial charge in [0.25, 0.3) is 0 Å². The van der Waals surface area contributed by atoms with Gasteiger partial charge in [0.2, 0.25) is 0 Å². The summed E-state index contributed by atoms with van der Waals surface area (Å²) >= 11 is 0. The van der Waals surface area contributed by atoms with Gasteiger partial charge in [-0.15, -0.1) is 0 Å². The second-order valence-corrected chi connectivity index (χ2v) is 8.42. The van der Waals surface area contributed by atoms with Crippen LogP contribution in [0.1, 0.15) is 61.3 Å². The molecule has 1 N–H and O–H groups in total. The minimum Gasteiger partial charge on any atom is -0.444 e. The molecule has 5 nitrogen and oxygen atoms in total. The van der Waals surface area contributed by atoms with Crippen molar-refractivity contribution in [1.29, 1.82) is 0 Å². The molecule has 1 aliphatic heterocycles. The van der Waals surface area contributed by atoms with Crippen molar-refractivity contribution >= 4 is 11.9 Å². The molecule has 0 aliphatic carbocycles. The molecule has 0 aromatic heterocycles. The molecule has 0 radical (unpaired) electrons. The van der Waals surface area contributed by atoms with Gasteiger partial charge in [-0.25, -0.2) is 4.79 Å². The highest BCUT2D eigenvalue weighted by atomic mass is 16.6. The van der Waals surface area contributed by atoms with Gasteiger partial charge >= 0.3 is 6.09 Å². The monoisotopic (exact) mass is 313 g/mol. The topological polar surface area (TPSA) is 66.8 Å². The Morgan fingerprint density at radius 1 is 1.18 bits per heavy atom. The molecule has 1 aliphatic rings. The van der Waals surface area contributed by atoms with E-state index in [0.717, 1.165) is 0 Å².